The second kappa shape index (κ2) is 10.1. The summed E-state index contributed by atoms with van der Waals surface area (Å²) in [4.78, 5) is 54.2. The maximum atomic E-state index is 13.6. The second-order valence-electron chi connectivity index (χ2n) is 9.08. The Labute approximate surface area is 221 Å². The van der Waals surface area contributed by atoms with Crippen molar-refractivity contribution in [2.24, 2.45) is 5.41 Å². The molecule has 2 aromatic carbocycles. The van der Waals surface area contributed by atoms with E-state index in [0.29, 0.717) is 23.1 Å². The van der Waals surface area contributed by atoms with E-state index >= 15 is 0 Å². The van der Waals surface area contributed by atoms with E-state index in [1.165, 1.54) is 28.1 Å². The summed E-state index contributed by atoms with van der Waals surface area (Å²) in [7, 11) is 0. The Kier molecular flexibility index (Phi) is 6.89. The lowest BCUT2D eigenvalue weighted by Crippen LogP contribution is -2.79. The number of anilines is 1. The van der Waals surface area contributed by atoms with Gasteiger partial charge in [-0.1, -0.05) is 60.7 Å². The minimum atomic E-state index is -1.79. The van der Waals surface area contributed by atoms with Crippen molar-refractivity contribution in [3.05, 3.63) is 88.6 Å². The fourth-order valence-corrected chi connectivity index (χ4v) is 7.44. The highest BCUT2D eigenvalue weighted by Gasteiger charge is 2.66. The predicted octanol–water partition coefficient (Wildman–Crippen LogP) is 2.92. The van der Waals surface area contributed by atoms with Gasteiger partial charge in [0.1, 0.15) is 12.0 Å². The van der Waals surface area contributed by atoms with Gasteiger partial charge in [0, 0.05) is 12.3 Å². The molecular weight excluding hydrogens is 512 g/mol. The third kappa shape index (κ3) is 4.45. The molecule has 0 aliphatic carbocycles. The third-order valence-corrected chi connectivity index (χ3v) is 9.22. The van der Waals surface area contributed by atoms with E-state index in [-0.39, 0.29) is 18.2 Å². The van der Waals surface area contributed by atoms with Crippen molar-refractivity contribution in [1.29, 1.82) is 0 Å². The maximum Gasteiger partial charge on any atom is 0.327 e. The molecule has 0 saturated carbocycles. The Morgan fingerprint density at radius 1 is 1.14 bits per heavy atom. The number of ether oxygens (including phenoxy) is 1. The van der Waals surface area contributed by atoms with Crippen molar-refractivity contribution in [3.8, 4) is 0 Å². The van der Waals surface area contributed by atoms with E-state index in [0.717, 1.165) is 0 Å². The summed E-state index contributed by atoms with van der Waals surface area (Å²) in [6.45, 7) is 1.09. The lowest BCUT2D eigenvalue weighted by molar-refractivity contribution is -0.166. The van der Waals surface area contributed by atoms with E-state index in [2.05, 4.69) is 0 Å². The van der Waals surface area contributed by atoms with E-state index < -0.39 is 46.0 Å². The summed E-state index contributed by atoms with van der Waals surface area (Å²) >= 11 is -0.413. The monoisotopic (exact) mass is 536 g/mol. The highest BCUT2D eigenvalue weighted by Crippen LogP contribution is 2.42. The molecule has 8 nitrogen and oxygen atoms in total. The summed E-state index contributed by atoms with van der Waals surface area (Å²) in [6, 6.07) is 19.0. The fraction of sp³-hybridized carbons (Fsp3) is 0.259. The first-order chi connectivity index (χ1) is 17.9. The number of amides is 2. The molecule has 2 aliphatic heterocycles. The Balaban J connectivity index is 1.41. The first-order valence-electron chi connectivity index (χ1n) is 11.6. The van der Waals surface area contributed by atoms with E-state index in [1.807, 2.05) is 60.7 Å². The molecule has 190 valence electrons. The summed E-state index contributed by atoms with van der Waals surface area (Å²) in [6.07, 6.45) is -0.344. The van der Waals surface area contributed by atoms with Crippen LogP contribution in [0.1, 0.15) is 24.2 Å². The lowest BCUT2D eigenvalue weighted by Gasteiger charge is -2.54. The first-order valence-corrected chi connectivity index (χ1v) is 14.0. The molecule has 37 heavy (non-hydrogen) atoms. The van der Waals surface area contributed by atoms with Crippen LogP contribution in [0.2, 0.25) is 0 Å². The SMILES string of the molecule is CC(=O)N(c1ccsc1)C1C(=O)N2CC(C=O)(C(=O)OC(c3ccccc3)c3ccccc3)C[S+]([O-])[C@H]12. The van der Waals surface area contributed by atoms with Crippen LogP contribution in [0.15, 0.2) is 77.5 Å². The van der Waals surface area contributed by atoms with Gasteiger partial charge < -0.3 is 14.1 Å². The zero-order valence-electron chi connectivity index (χ0n) is 19.9. The van der Waals surface area contributed by atoms with E-state index in [1.54, 1.807) is 16.8 Å². The number of carbonyl (C=O) groups is 4. The van der Waals surface area contributed by atoms with Gasteiger partial charge in [-0.15, -0.1) is 0 Å². The number of hydrogen-bond acceptors (Lipinski definition) is 7. The molecule has 3 unspecified atom stereocenters. The fourth-order valence-electron chi connectivity index (χ4n) is 4.87. The average Bonchev–Trinajstić information content (AvgIpc) is 3.45. The van der Waals surface area contributed by atoms with Crippen LogP contribution >= 0.6 is 11.3 Å². The molecular formula is C27H24N2O6S2. The predicted molar refractivity (Wildman–Crippen MR) is 139 cm³/mol. The Morgan fingerprint density at radius 3 is 2.27 bits per heavy atom. The minimum Gasteiger partial charge on any atom is -0.615 e. The van der Waals surface area contributed by atoms with Crippen LogP contribution in [0.25, 0.3) is 0 Å². The normalized spacial score (nSPS) is 24.7. The number of nitrogens with zero attached hydrogens (tertiary/aromatic N) is 2. The molecule has 3 aromatic rings. The van der Waals surface area contributed by atoms with Gasteiger partial charge in [-0.05, 0) is 33.7 Å². The van der Waals surface area contributed by atoms with Crippen LogP contribution in [0.5, 0.6) is 0 Å². The summed E-state index contributed by atoms with van der Waals surface area (Å²) in [5, 5.41) is 2.72. The molecule has 2 fully saturated rings. The van der Waals surface area contributed by atoms with Gasteiger partial charge in [0.25, 0.3) is 5.91 Å². The number of benzene rings is 2. The number of thiophene rings is 1. The maximum absolute atomic E-state index is 13.6. The molecule has 2 aliphatic rings. The number of β-lactam (4-membered cyclic amide) rings is 1. The van der Waals surface area contributed by atoms with Gasteiger partial charge in [-0.3, -0.25) is 24.2 Å². The standard InChI is InChI=1S/C27H24N2O6S2/c1-18(31)29(21-12-13-36-14-21)22-24(32)28-15-27(16-30,17-37(34)25(22)28)26(33)35-23(19-8-4-2-5-9-19)20-10-6-3-7-11-20/h2-14,16,22-23,25H,15,17H2,1H3/t22?,25-,27?,37?/m1/s1. The Hall–Kier alpha value is -3.47. The van der Waals surface area contributed by atoms with Crippen LogP contribution in [0.4, 0.5) is 5.69 Å². The molecule has 2 saturated heterocycles. The largest absolute Gasteiger partial charge is 0.615 e. The van der Waals surface area contributed by atoms with Crippen LogP contribution < -0.4 is 4.90 Å². The molecule has 10 heteroatoms. The summed E-state index contributed by atoms with van der Waals surface area (Å²) < 4.78 is 19.3. The molecule has 0 spiro atoms. The zero-order chi connectivity index (χ0) is 26.2. The lowest BCUT2D eigenvalue weighted by atomic mass is 9.88. The van der Waals surface area contributed by atoms with E-state index in [4.69, 9.17) is 4.74 Å². The minimum absolute atomic E-state index is 0.257. The van der Waals surface area contributed by atoms with Gasteiger partial charge in [0.2, 0.25) is 11.3 Å². The van der Waals surface area contributed by atoms with Gasteiger partial charge in [0.05, 0.1) is 12.2 Å². The van der Waals surface area contributed by atoms with Crippen molar-refractivity contribution >= 4 is 52.3 Å². The van der Waals surface area contributed by atoms with Crippen molar-refractivity contribution in [1.82, 2.24) is 4.90 Å². The quantitative estimate of drug-likeness (QED) is 0.151. The van der Waals surface area contributed by atoms with Gasteiger partial charge >= 0.3 is 5.97 Å². The van der Waals surface area contributed by atoms with Crippen molar-refractivity contribution in [2.75, 3.05) is 17.2 Å². The third-order valence-electron chi connectivity index (χ3n) is 6.70. The number of carbonyl (C=O) groups excluding carboxylic acids is 4. The molecule has 0 radical (unpaired) electrons. The van der Waals surface area contributed by atoms with E-state index in [9.17, 15) is 23.7 Å². The van der Waals surface area contributed by atoms with Crippen LogP contribution in [0, 0.1) is 5.41 Å². The Morgan fingerprint density at radius 2 is 1.76 bits per heavy atom. The number of hydrogen-bond donors (Lipinski definition) is 0. The molecule has 2 amide bonds. The van der Waals surface area contributed by atoms with Crippen LogP contribution in [-0.2, 0) is 35.1 Å². The number of fused-ring (bicyclic) bond motifs is 1. The highest BCUT2D eigenvalue weighted by atomic mass is 32.2. The molecule has 0 N–H and O–H groups in total. The second-order valence-corrected chi connectivity index (χ2v) is 11.4. The molecule has 1 aromatic heterocycles. The number of aldehydes is 1. The van der Waals surface area contributed by atoms with Gasteiger partial charge in [-0.25, -0.2) is 0 Å². The number of rotatable bonds is 7. The van der Waals surface area contributed by atoms with Crippen LogP contribution in [0.3, 0.4) is 0 Å². The summed E-state index contributed by atoms with van der Waals surface area (Å²) in [5.41, 5.74) is 0.192. The summed E-state index contributed by atoms with van der Waals surface area (Å²) in [5.74, 6) is -1.95. The Bertz CT molecular complexity index is 1260. The van der Waals surface area contributed by atoms with Crippen LogP contribution in [-0.4, -0.2) is 57.2 Å². The first kappa shape index (κ1) is 25.2. The average molecular weight is 537 g/mol. The van der Waals surface area contributed by atoms with Gasteiger partial charge in [0.15, 0.2) is 17.6 Å². The van der Waals surface area contributed by atoms with Crippen molar-refractivity contribution in [2.45, 2.75) is 24.4 Å². The molecule has 0 bridgehead atoms. The number of esters is 1. The highest BCUT2D eigenvalue weighted by molar-refractivity contribution is 7.92. The molecule has 3 heterocycles. The topological polar surface area (TPSA) is 107 Å². The smallest absolute Gasteiger partial charge is 0.327 e. The molecule has 4 atom stereocenters. The zero-order valence-corrected chi connectivity index (χ0v) is 21.5. The molecule has 5 rings (SSSR count). The van der Waals surface area contributed by atoms with Crippen molar-refractivity contribution < 1.29 is 28.5 Å². The van der Waals surface area contributed by atoms with Crippen molar-refractivity contribution in [3.63, 3.8) is 0 Å². The van der Waals surface area contributed by atoms with Gasteiger partial charge in [-0.2, -0.15) is 11.3 Å².